The van der Waals surface area contributed by atoms with Gasteiger partial charge in [0.15, 0.2) is 0 Å². The number of urea groups is 3. The molecule has 0 saturated carbocycles. The van der Waals surface area contributed by atoms with E-state index in [4.69, 9.17) is 61.7 Å². The molecule has 0 saturated heterocycles. The largest absolute Gasteiger partial charge is 0.399 e. The number of carbonyl (C=O) groups excluding carboxylic acids is 7. The number of ketones is 1. The van der Waals surface area contributed by atoms with Crippen LogP contribution in [-0.4, -0.2) is 67.2 Å². The zero-order chi connectivity index (χ0) is 54.6. The Morgan fingerprint density at radius 3 is 0.963 bits per heavy atom. The maximum Gasteiger partial charge on any atom is 0.324 e. The standard InChI is InChI=1S/2C17H17ClN4O3S.C16H14ClN3O3S.6W/c2*1-25-22-11-6-7-12-13(8-11)26-16(14(12)15(19)23)21-17(24)20-10-4-2-9(18)3-5-10;17-8-1-3-9(4-2-8)19-16(23)20-15-13(14(18)22)11-6-5-10(21)7-12(11)24-15;;;;;;/h2*2-5H,6-8H2,1H3,(H2,19,23)(H2,20,21,24);1-4H,5-7H2,(H2,18,22)(H2,19,20,23);;;;;;/b22-11+;22-11-;;;;;;;. The molecule has 0 unspecified atom stereocenters. The van der Waals surface area contributed by atoms with Crippen LogP contribution in [0.3, 0.4) is 0 Å². The summed E-state index contributed by atoms with van der Waals surface area (Å²) in [6.07, 6.45) is 4.94. The van der Waals surface area contributed by atoms with Crippen LogP contribution in [0.15, 0.2) is 83.1 Å². The van der Waals surface area contributed by atoms with E-state index in [2.05, 4.69) is 42.2 Å². The minimum Gasteiger partial charge on any atom is -0.399 e. The van der Waals surface area contributed by atoms with E-state index in [0.29, 0.717) is 115 Å². The van der Waals surface area contributed by atoms with Crippen molar-refractivity contribution in [2.24, 2.45) is 27.5 Å². The summed E-state index contributed by atoms with van der Waals surface area (Å²) in [7, 11) is 3.00. The first kappa shape index (κ1) is 76.6. The van der Waals surface area contributed by atoms with Crippen molar-refractivity contribution in [3.8, 4) is 0 Å². The van der Waals surface area contributed by atoms with Crippen molar-refractivity contribution >= 4 is 154 Å². The summed E-state index contributed by atoms with van der Waals surface area (Å²) in [5.41, 5.74) is 23.6. The molecule has 3 aliphatic carbocycles. The number of amides is 9. The van der Waals surface area contributed by atoms with Gasteiger partial charge in [-0.25, -0.2) is 14.4 Å². The number of benzene rings is 3. The average Bonchev–Trinajstić information content (AvgIpc) is 4.04. The van der Waals surface area contributed by atoms with E-state index in [0.717, 1.165) is 42.7 Å². The number of carbonyl (C=O) groups is 7. The fourth-order valence-electron chi connectivity index (χ4n) is 8.23. The number of oxime groups is 2. The molecule has 20 nitrogen and oxygen atoms in total. The molecule has 0 fully saturated rings. The van der Waals surface area contributed by atoms with Crippen LogP contribution >= 0.6 is 68.8 Å². The van der Waals surface area contributed by atoms with Gasteiger partial charge in [0.05, 0.1) is 28.1 Å². The van der Waals surface area contributed by atoms with E-state index in [1.165, 1.54) is 48.2 Å². The van der Waals surface area contributed by atoms with Crippen molar-refractivity contribution in [3.05, 3.63) is 136 Å². The summed E-state index contributed by atoms with van der Waals surface area (Å²) in [6.45, 7) is 0. The van der Waals surface area contributed by atoms with Crippen molar-refractivity contribution in [2.75, 3.05) is 46.1 Å². The van der Waals surface area contributed by atoms with Crippen LogP contribution in [0.4, 0.5) is 46.4 Å². The smallest absolute Gasteiger partial charge is 0.324 e. The summed E-state index contributed by atoms with van der Waals surface area (Å²) in [5, 5.41) is 27.1. The third kappa shape index (κ3) is 21.2. The Labute approximate surface area is 584 Å². The number of anilines is 6. The molecule has 0 aliphatic heterocycles. The maximum absolute atomic E-state index is 12.3. The van der Waals surface area contributed by atoms with E-state index in [1.807, 2.05) is 0 Å². The normalized spacial score (nSPS) is 13.2. The van der Waals surface area contributed by atoms with Gasteiger partial charge in [-0.3, -0.25) is 35.1 Å². The Bertz CT molecular complexity index is 3150. The molecule has 0 radical (unpaired) electrons. The summed E-state index contributed by atoms with van der Waals surface area (Å²) in [5.74, 6) is -1.60. The van der Waals surface area contributed by atoms with Gasteiger partial charge in [-0.05, 0) is 122 Å². The van der Waals surface area contributed by atoms with Gasteiger partial charge in [0, 0.05) is 199 Å². The Hall–Kier alpha value is -3.41. The third-order valence-electron chi connectivity index (χ3n) is 11.5. The maximum atomic E-state index is 12.3. The number of nitrogens with zero attached hydrogens (tertiary/aromatic N) is 2. The van der Waals surface area contributed by atoms with Crippen LogP contribution in [0.5, 0.6) is 0 Å². The van der Waals surface area contributed by atoms with E-state index in [-0.39, 0.29) is 139 Å². The minimum absolute atomic E-state index is 0. The molecule has 3 aromatic heterocycles. The Balaban J connectivity index is 0.000000594. The number of hydrogen-bond acceptors (Lipinski definition) is 14. The molecular formula is C50H48Cl3N11O9S3W6. The molecule has 0 bridgehead atoms. The van der Waals surface area contributed by atoms with E-state index < -0.39 is 35.8 Å². The molecule has 432 valence electrons. The number of fused-ring (bicyclic) bond motifs is 3. The van der Waals surface area contributed by atoms with E-state index in [1.54, 1.807) is 72.8 Å². The molecular weight excluding hydrogens is 2200 g/mol. The summed E-state index contributed by atoms with van der Waals surface area (Å²) in [4.78, 5) is 96.3. The first-order chi connectivity index (χ1) is 36.4. The number of halogens is 3. The number of thiophene rings is 3. The van der Waals surface area contributed by atoms with Crippen LogP contribution in [0.2, 0.25) is 15.1 Å². The number of primary amides is 3. The van der Waals surface area contributed by atoms with Crippen molar-refractivity contribution in [1.29, 1.82) is 0 Å². The van der Waals surface area contributed by atoms with Crippen molar-refractivity contribution in [2.45, 2.75) is 57.8 Å². The monoisotopic (exact) mass is 2250 g/mol. The Morgan fingerprint density at radius 2 is 0.695 bits per heavy atom. The molecule has 82 heavy (non-hydrogen) atoms. The zero-order valence-electron chi connectivity index (χ0n) is 42.9. The molecule has 9 amide bonds. The molecule has 12 N–H and O–H groups in total. The van der Waals surface area contributed by atoms with Gasteiger partial charge in [0.2, 0.25) is 0 Å². The summed E-state index contributed by atoms with van der Waals surface area (Å²) in [6, 6.07) is 18.6. The minimum atomic E-state index is -0.608. The molecule has 0 atom stereocenters. The van der Waals surface area contributed by atoms with Crippen LogP contribution < -0.4 is 49.1 Å². The van der Waals surface area contributed by atoms with Crippen LogP contribution in [-0.2, 0) is 179 Å². The van der Waals surface area contributed by atoms with Gasteiger partial charge >= 0.3 is 18.1 Å². The molecule has 3 heterocycles. The first-order valence-corrected chi connectivity index (χ1v) is 26.5. The first-order valence-electron chi connectivity index (χ1n) is 22.9. The summed E-state index contributed by atoms with van der Waals surface area (Å²) < 4.78 is 0. The molecule has 0 spiro atoms. The fourth-order valence-corrected chi connectivity index (χ4v) is 12.5. The number of nitrogens with one attached hydrogen (secondary N) is 6. The predicted octanol–water partition coefficient (Wildman–Crippen LogP) is 10.5. The van der Waals surface area contributed by atoms with E-state index >= 15 is 0 Å². The SMILES string of the molecule is CO/N=C1/CCc2c(sc(NC(=O)Nc3ccc(Cl)cc3)c2C(N)=O)C1.CO/N=C1\CCc2c(sc(NC(=O)Nc3ccc(Cl)cc3)c2C(N)=O)C1.NC(=O)c1c(NC(=O)Nc2ccc(Cl)cc2)sc2c1CCC(=O)C2.[W].[W].[W].[W].[W].[W]. The second-order valence-corrected chi connectivity index (χ2v) is 21.3. The van der Waals surface area contributed by atoms with Gasteiger partial charge in [-0.2, -0.15) is 0 Å². The van der Waals surface area contributed by atoms with Crippen molar-refractivity contribution < 1.29 is 170 Å². The number of rotatable bonds is 11. The second kappa shape index (κ2) is 36.6. The van der Waals surface area contributed by atoms with Crippen LogP contribution in [0, 0.1) is 0 Å². The molecule has 3 aromatic carbocycles. The Kier molecular flexibility index (Phi) is 34.1. The fraction of sp³-hybridized carbons (Fsp3) is 0.220. The Morgan fingerprint density at radius 1 is 0.427 bits per heavy atom. The van der Waals surface area contributed by atoms with Gasteiger partial charge < -0.3 is 42.8 Å². The van der Waals surface area contributed by atoms with Gasteiger partial charge in [-0.1, -0.05) is 45.1 Å². The molecule has 9 rings (SSSR count). The van der Waals surface area contributed by atoms with Crippen LogP contribution in [0.25, 0.3) is 0 Å². The predicted molar refractivity (Wildman–Crippen MR) is 301 cm³/mol. The molecule has 3 aliphatic rings. The van der Waals surface area contributed by atoms with Crippen LogP contribution in [0.1, 0.15) is 81.7 Å². The van der Waals surface area contributed by atoms with Gasteiger partial charge in [0.25, 0.3) is 17.7 Å². The van der Waals surface area contributed by atoms with Crippen molar-refractivity contribution in [3.63, 3.8) is 0 Å². The molecule has 6 aromatic rings. The topological polar surface area (TPSA) is 313 Å². The van der Waals surface area contributed by atoms with Gasteiger partial charge in [0.1, 0.15) is 35.0 Å². The quantitative estimate of drug-likeness (QED) is 0.0556. The number of hydrogen-bond donors (Lipinski definition) is 9. The zero-order valence-corrected chi connectivity index (χ0v) is 65.2. The third-order valence-corrected chi connectivity index (χ3v) is 15.7. The van der Waals surface area contributed by atoms with Crippen molar-refractivity contribution in [1.82, 2.24) is 0 Å². The molecule has 32 heteroatoms. The average molecular weight is 2250 g/mol. The van der Waals surface area contributed by atoms with Gasteiger partial charge in [-0.15, -0.1) is 34.0 Å². The van der Waals surface area contributed by atoms with E-state index in [9.17, 15) is 33.6 Å². The number of Topliss-reactive ketones (excluding diaryl/α,β-unsaturated/α-hetero) is 1. The number of nitrogens with two attached hydrogens (primary N) is 3. The second-order valence-electron chi connectivity index (χ2n) is 16.7. The summed E-state index contributed by atoms with van der Waals surface area (Å²) >= 11 is 21.3.